The van der Waals surface area contributed by atoms with E-state index >= 15 is 0 Å². The van der Waals surface area contributed by atoms with Crippen LogP contribution in [0.4, 0.5) is 5.69 Å². The van der Waals surface area contributed by atoms with Gasteiger partial charge in [0, 0.05) is 12.6 Å². The minimum atomic E-state index is -3.28. The molecule has 4 nitrogen and oxygen atoms in total. The molecule has 0 unspecified atom stereocenters. The monoisotopic (exact) mass is 351 g/mol. The zero-order chi connectivity index (χ0) is 17.7. The van der Waals surface area contributed by atoms with Crippen molar-refractivity contribution < 1.29 is 13.9 Å². The zero-order valence-electron chi connectivity index (χ0n) is 13.8. The van der Waals surface area contributed by atoms with Crippen molar-refractivity contribution in [2.75, 3.05) is 5.32 Å². The highest BCUT2D eigenvalue weighted by Gasteiger charge is 2.29. The Morgan fingerprint density at radius 1 is 0.800 bits per heavy atom. The lowest BCUT2D eigenvalue weighted by Crippen LogP contribution is -2.20. The average Bonchev–Trinajstić information content (AvgIpc) is 2.64. The molecule has 0 aliphatic carbocycles. The van der Waals surface area contributed by atoms with Crippen LogP contribution in [-0.2, 0) is 9.36 Å². The van der Waals surface area contributed by atoms with Crippen LogP contribution in [0.1, 0.15) is 6.92 Å². The van der Waals surface area contributed by atoms with Gasteiger partial charge in [0.2, 0.25) is 5.91 Å². The van der Waals surface area contributed by atoms with Gasteiger partial charge in [-0.25, -0.2) is 0 Å². The molecular formula is C20H18NO3P. The number of anilines is 1. The second kappa shape index (κ2) is 7.37. The normalized spacial score (nSPS) is 10.9. The van der Waals surface area contributed by atoms with Gasteiger partial charge < -0.3 is 9.84 Å². The highest BCUT2D eigenvalue weighted by Crippen LogP contribution is 2.45. The van der Waals surface area contributed by atoms with E-state index in [4.69, 9.17) is 4.52 Å². The maximum Gasteiger partial charge on any atom is 0.306 e. The maximum atomic E-state index is 13.8. The van der Waals surface area contributed by atoms with E-state index in [2.05, 4.69) is 5.32 Å². The Labute approximate surface area is 146 Å². The van der Waals surface area contributed by atoms with Crippen LogP contribution in [0.25, 0.3) is 0 Å². The number of amides is 1. The standard InChI is InChI=1S/C20H18NO3P/c1-16(22)21-17-12-14-18(15-13-17)24-25(23,19-8-4-2-5-9-19)20-10-6-3-7-11-20/h2-15H,1H3,(H,21,22). The summed E-state index contributed by atoms with van der Waals surface area (Å²) >= 11 is 0. The lowest BCUT2D eigenvalue weighted by Gasteiger charge is -2.20. The molecule has 0 saturated carbocycles. The van der Waals surface area contributed by atoms with Gasteiger partial charge in [0.25, 0.3) is 0 Å². The third-order valence-electron chi connectivity index (χ3n) is 3.60. The van der Waals surface area contributed by atoms with Gasteiger partial charge in [0.15, 0.2) is 0 Å². The molecule has 0 atom stereocenters. The summed E-state index contributed by atoms with van der Waals surface area (Å²) in [6.07, 6.45) is 0. The first kappa shape index (κ1) is 17.0. The smallest absolute Gasteiger partial charge is 0.306 e. The van der Waals surface area contributed by atoms with E-state index in [1.54, 1.807) is 48.5 Å². The molecule has 0 spiro atoms. The second-order valence-corrected chi connectivity index (χ2v) is 7.84. The molecule has 1 N–H and O–H groups in total. The Morgan fingerprint density at radius 2 is 1.28 bits per heavy atom. The molecule has 0 aromatic heterocycles. The molecule has 126 valence electrons. The maximum absolute atomic E-state index is 13.8. The quantitative estimate of drug-likeness (QED) is 0.708. The molecule has 5 heteroatoms. The lowest BCUT2D eigenvalue weighted by atomic mass is 10.3. The van der Waals surface area contributed by atoms with Crippen molar-refractivity contribution in [3.8, 4) is 5.75 Å². The number of hydrogen-bond acceptors (Lipinski definition) is 3. The van der Waals surface area contributed by atoms with Crippen molar-refractivity contribution in [1.82, 2.24) is 0 Å². The van der Waals surface area contributed by atoms with Crippen molar-refractivity contribution in [3.63, 3.8) is 0 Å². The van der Waals surface area contributed by atoms with E-state index in [0.717, 1.165) is 0 Å². The Morgan fingerprint density at radius 3 is 1.72 bits per heavy atom. The predicted octanol–water partition coefficient (Wildman–Crippen LogP) is 3.95. The van der Waals surface area contributed by atoms with Gasteiger partial charge in [0.05, 0.1) is 10.6 Å². The lowest BCUT2D eigenvalue weighted by molar-refractivity contribution is -0.114. The van der Waals surface area contributed by atoms with E-state index in [1.165, 1.54) is 6.92 Å². The van der Waals surface area contributed by atoms with Gasteiger partial charge in [-0.2, -0.15) is 0 Å². The molecule has 25 heavy (non-hydrogen) atoms. The molecular weight excluding hydrogens is 333 g/mol. The van der Waals surface area contributed by atoms with Gasteiger partial charge in [-0.1, -0.05) is 36.4 Å². The largest absolute Gasteiger partial charge is 0.437 e. The van der Waals surface area contributed by atoms with Gasteiger partial charge in [0.1, 0.15) is 5.75 Å². The van der Waals surface area contributed by atoms with Gasteiger partial charge in [-0.3, -0.25) is 9.36 Å². The Hall–Kier alpha value is -2.84. The van der Waals surface area contributed by atoms with E-state index in [9.17, 15) is 9.36 Å². The van der Waals surface area contributed by atoms with Crippen molar-refractivity contribution >= 4 is 29.6 Å². The summed E-state index contributed by atoms with van der Waals surface area (Å²) in [5, 5.41) is 3.96. The van der Waals surface area contributed by atoms with Crippen LogP contribution < -0.4 is 20.4 Å². The minimum Gasteiger partial charge on any atom is -0.437 e. The first-order valence-corrected chi connectivity index (χ1v) is 9.49. The van der Waals surface area contributed by atoms with E-state index < -0.39 is 7.37 Å². The molecule has 0 radical (unpaired) electrons. The van der Waals surface area contributed by atoms with Crippen LogP contribution in [0.2, 0.25) is 0 Å². The molecule has 0 bridgehead atoms. The molecule has 0 fully saturated rings. The number of nitrogens with one attached hydrogen (secondary N) is 1. The fourth-order valence-electron chi connectivity index (χ4n) is 2.45. The molecule has 0 saturated heterocycles. The van der Waals surface area contributed by atoms with Crippen molar-refractivity contribution in [2.24, 2.45) is 0 Å². The van der Waals surface area contributed by atoms with Crippen molar-refractivity contribution in [3.05, 3.63) is 84.9 Å². The number of carbonyl (C=O) groups is 1. The number of benzene rings is 3. The van der Waals surface area contributed by atoms with Crippen molar-refractivity contribution in [1.29, 1.82) is 0 Å². The minimum absolute atomic E-state index is 0.145. The summed E-state index contributed by atoms with van der Waals surface area (Å²) < 4.78 is 19.7. The Bertz CT molecular complexity index is 850. The topological polar surface area (TPSA) is 55.4 Å². The third kappa shape index (κ3) is 3.98. The second-order valence-electron chi connectivity index (χ2n) is 5.52. The summed E-state index contributed by atoms with van der Waals surface area (Å²) in [6.45, 7) is 1.45. The molecule has 1 amide bonds. The number of hydrogen-bond donors (Lipinski definition) is 1. The van der Waals surface area contributed by atoms with Crippen LogP contribution in [0.3, 0.4) is 0 Å². The van der Waals surface area contributed by atoms with E-state index in [1.807, 2.05) is 36.4 Å². The Balaban J connectivity index is 1.96. The molecule has 3 aromatic carbocycles. The number of carbonyl (C=O) groups excluding carboxylic acids is 1. The highest BCUT2D eigenvalue weighted by atomic mass is 31.2. The van der Waals surface area contributed by atoms with E-state index in [0.29, 0.717) is 22.0 Å². The fraction of sp³-hybridized carbons (Fsp3) is 0.0500. The summed E-state index contributed by atoms with van der Waals surface area (Å²) in [6, 6.07) is 25.2. The summed E-state index contributed by atoms with van der Waals surface area (Å²) in [4.78, 5) is 11.1. The zero-order valence-corrected chi connectivity index (χ0v) is 14.6. The third-order valence-corrected chi connectivity index (χ3v) is 6.02. The van der Waals surface area contributed by atoms with Crippen LogP contribution >= 0.6 is 7.37 Å². The molecule has 0 heterocycles. The summed E-state index contributed by atoms with van der Waals surface area (Å²) in [7, 11) is -3.28. The van der Waals surface area contributed by atoms with Crippen LogP contribution in [0.15, 0.2) is 84.9 Å². The number of rotatable bonds is 5. The predicted molar refractivity (Wildman–Crippen MR) is 101 cm³/mol. The molecule has 3 rings (SSSR count). The fourth-order valence-corrected chi connectivity index (χ4v) is 4.51. The first-order valence-electron chi connectivity index (χ1n) is 7.86. The van der Waals surface area contributed by atoms with E-state index in [-0.39, 0.29) is 5.91 Å². The average molecular weight is 351 g/mol. The summed E-state index contributed by atoms with van der Waals surface area (Å²) in [5.74, 6) is 0.332. The highest BCUT2D eigenvalue weighted by molar-refractivity contribution is 7.74. The van der Waals surface area contributed by atoms with Crippen LogP contribution in [-0.4, -0.2) is 5.91 Å². The van der Waals surface area contributed by atoms with Gasteiger partial charge in [-0.05, 0) is 48.5 Å². The Kier molecular flexibility index (Phi) is 5.01. The van der Waals surface area contributed by atoms with Gasteiger partial charge in [-0.15, -0.1) is 0 Å². The van der Waals surface area contributed by atoms with Crippen molar-refractivity contribution in [2.45, 2.75) is 6.92 Å². The van der Waals surface area contributed by atoms with Crippen LogP contribution in [0.5, 0.6) is 5.75 Å². The molecule has 0 aliphatic rings. The summed E-state index contributed by atoms with van der Waals surface area (Å²) in [5.41, 5.74) is 0.661. The SMILES string of the molecule is CC(=O)Nc1ccc(OP(=O)(c2ccccc2)c2ccccc2)cc1. The molecule has 3 aromatic rings. The van der Waals surface area contributed by atoms with Gasteiger partial charge >= 0.3 is 7.37 Å². The first-order chi connectivity index (χ1) is 12.1. The molecule has 0 aliphatic heterocycles. The van der Waals surface area contributed by atoms with Crippen LogP contribution in [0, 0.1) is 0 Å².